The maximum absolute atomic E-state index is 10.5. The fourth-order valence-electron chi connectivity index (χ4n) is 1.00. The fourth-order valence-corrected chi connectivity index (χ4v) is 1.00. The van der Waals surface area contributed by atoms with E-state index in [1.165, 1.54) is 26.6 Å². The number of aromatic nitrogens is 2. The predicted octanol–water partition coefficient (Wildman–Crippen LogP) is -2.55. The summed E-state index contributed by atoms with van der Waals surface area (Å²) in [5, 5.41) is 8.60. The van der Waals surface area contributed by atoms with Gasteiger partial charge in [-0.05, 0) is 0 Å². The Morgan fingerprint density at radius 2 is 2.06 bits per heavy atom. The molecule has 0 aliphatic heterocycles. The number of carbonyl (C=O) groups is 1. The second kappa shape index (κ2) is 8.23. The minimum atomic E-state index is -1.09. The second-order valence-electron chi connectivity index (χ2n) is 2.80. The van der Waals surface area contributed by atoms with Gasteiger partial charge in [0.1, 0.15) is 0 Å². The molecular formula is C9H13KN2O4. The van der Waals surface area contributed by atoms with E-state index in [9.17, 15) is 4.79 Å². The van der Waals surface area contributed by atoms with Crippen molar-refractivity contribution in [2.24, 2.45) is 0 Å². The van der Waals surface area contributed by atoms with Crippen molar-refractivity contribution in [3.8, 4) is 0 Å². The van der Waals surface area contributed by atoms with Crippen molar-refractivity contribution >= 4 is 5.97 Å². The Hall–Kier alpha value is 0.106. The average molecular weight is 252 g/mol. The van der Waals surface area contributed by atoms with Crippen molar-refractivity contribution < 1.29 is 72.2 Å². The van der Waals surface area contributed by atoms with E-state index in [2.05, 4.69) is 9.97 Å². The summed E-state index contributed by atoms with van der Waals surface area (Å²) in [6, 6.07) is 0. The monoisotopic (exact) mass is 252 g/mol. The topological polar surface area (TPSA) is 81.5 Å². The van der Waals surface area contributed by atoms with Crippen molar-refractivity contribution in [1.82, 2.24) is 9.97 Å². The van der Waals surface area contributed by atoms with Gasteiger partial charge in [0.2, 0.25) is 0 Å². The van der Waals surface area contributed by atoms with Crippen LogP contribution in [-0.2, 0) is 15.9 Å². The molecule has 1 N–H and O–H groups in total. The zero-order valence-electron chi connectivity index (χ0n) is 10.5. The Bertz CT molecular complexity index is 332. The fraction of sp³-hybridized carbons (Fsp3) is 0.444. The van der Waals surface area contributed by atoms with Crippen LogP contribution in [0.4, 0.5) is 0 Å². The summed E-state index contributed by atoms with van der Waals surface area (Å²) in [6.45, 7) is 0. The Labute approximate surface area is 137 Å². The summed E-state index contributed by atoms with van der Waals surface area (Å²) in [5.41, 5.74) is 0.541. The van der Waals surface area contributed by atoms with Gasteiger partial charge in [0.05, 0.1) is 11.9 Å². The number of hydrogen-bond donors (Lipinski definition) is 1. The standard InChI is InChI=1S/C9H12N2O4.K.H/c1-14-8(15-2)3-6-4-11-7(5-10-6)9(12)13;;/h4-5,8H,3H2,1-2H3,(H,12,13);;/q;+1;-1. The molecule has 1 aromatic heterocycles. The van der Waals surface area contributed by atoms with Crippen LogP contribution < -0.4 is 51.4 Å². The van der Waals surface area contributed by atoms with Crippen LogP contribution in [0.15, 0.2) is 12.4 Å². The summed E-state index contributed by atoms with van der Waals surface area (Å²) in [4.78, 5) is 18.2. The Kier molecular flexibility index (Phi) is 8.29. The summed E-state index contributed by atoms with van der Waals surface area (Å²) >= 11 is 0. The molecule has 0 saturated heterocycles. The minimum absolute atomic E-state index is 0. The first kappa shape index (κ1) is 16.1. The molecule has 6 nitrogen and oxygen atoms in total. The molecule has 0 bridgehead atoms. The van der Waals surface area contributed by atoms with Crippen molar-refractivity contribution in [2.45, 2.75) is 12.7 Å². The van der Waals surface area contributed by atoms with Crippen molar-refractivity contribution in [1.29, 1.82) is 0 Å². The molecular weight excluding hydrogens is 239 g/mol. The van der Waals surface area contributed by atoms with Gasteiger partial charge in [-0.15, -0.1) is 0 Å². The van der Waals surface area contributed by atoms with Gasteiger partial charge in [0.25, 0.3) is 0 Å². The molecule has 0 unspecified atom stereocenters. The SMILES string of the molecule is COC(Cc1cnc(C(=O)O)cn1)OC.[H-].[K+]. The van der Waals surface area contributed by atoms with E-state index in [1.54, 1.807) is 0 Å². The van der Waals surface area contributed by atoms with Crippen molar-refractivity contribution in [2.75, 3.05) is 14.2 Å². The molecule has 0 radical (unpaired) electrons. The van der Waals surface area contributed by atoms with Crippen LogP contribution >= 0.6 is 0 Å². The van der Waals surface area contributed by atoms with Crippen LogP contribution in [0.1, 0.15) is 17.6 Å². The largest absolute Gasteiger partial charge is 1.00 e. The maximum Gasteiger partial charge on any atom is 1.00 e. The van der Waals surface area contributed by atoms with E-state index < -0.39 is 12.3 Å². The molecule has 7 heteroatoms. The number of carboxylic acids is 1. The molecule has 84 valence electrons. The quantitative estimate of drug-likeness (QED) is 0.459. The summed E-state index contributed by atoms with van der Waals surface area (Å²) < 4.78 is 9.95. The van der Waals surface area contributed by atoms with Crippen LogP contribution in [0.2, 0.25) is 0 Å². The minimum Gasteiger partial charge on any atom is -1.00 e. The van der Waals surface area contributed by atoms with Crippen LogP contribution in [-0.4, -0.2) is 41.6 Å². The van der Waals surface area contributed by atoms with Crippen LogP contribution in [0.25, 0.3) is 0 Å². The summed E-state index contributed by atoms with van der Waals surface area (Å²) in [6.07, 6.45) is 2.64. The molecule has 0 aliphatic rings. The average Bonchev–Trinajstić information content (AvgIpc) is 2.26. The number of methoxy groups -OCH3 is 2. The molecule has 1 rings (SSSR count). The first-order valence-corrected chi connectivity index (χ1v) is 4.27. The number of aromatic carboxylic acids is 1. The van der Waals surface area contributed by atoms with Crippen LogP contribution in [0, 0.1) is 0 Å². The number of nitrogens with zero attached hydrogens (tertiary/aromatic N) is 2. The van der Waals surface area contributed by atoms with Gasteiger partial charge >= 0.3 is 57.4 Å². The normalized spacial score (nSPS) is 9.94. The Morgan fingerprint density at radius 1 is 1.44 bits per heavy atom. The maximum atomic E-state index is 10.5. The van der Waals surface area contributed by atoms with E-state index in [-0.39, 0.29) is 58.5 Å². The van der Waals surface area contributed by atoms with E-state index in [4.69, 9.17) is 14.6 Å². The van der Waals surface area contributed by atoms with E-state index >= 15 is 0 Å². The molecule has 0 fully saturated rings. The smallest absolute Gasteiger partial charge is 1.00 e. The molecule has 0 saturated carbocycles. The van der Waals surface area contributed by atoms with Gasteiger partial charge in [-0.25, -0.2) is 9.78 Å². The summed E-state index contributed by atoms with van der Waals surface area (Å²) in [7, 11) is 3.04. The van der Waals surface area contributed by atoms with Gasteiger partial charge in [-0.3, -0.25) is 4.98 Å². The van der Waals surface area contributed by atoms with Gasteiger partial charge in [-0.1, -0.05) is 0 Å². The van der Waals surface area contributed by atoms with Crippen molar-refractivity contribution in [3.05, 3.63) is 23.8 Å². The number of rotatable bonds is 5. The molecule has 0 aromatic carbocycles. The third-order valence-electron chi connectivity index (χ3n) is 1.83. The predicted molar refractivity (Wildman–Crippen MR) is 51.6 cm³/mol. The van der Waals surface area contributed by atoms with Crippen LogP contribution in [0.5, 0.6) is 0 Å². The molecule has 0 amide bonds. The summed E-state index contributed by atoms with van der Waals surface area (Å²) in [5.74, 6) is -1.09. The van der Waals surface area contributed by atoms with Gasteiger partial charge in [-0.2, -0.15) is 0 Å². The third kappa shape index (κ3) is 4.96. The van der Waals surface area contributed by atoms with E-state index in [1.807, 2.05) is 0 Å². The van der Waals surface area contributed by atoms with E-state index in [0.717, 1.165) is 0 Å². The molecule has 0 spiro atoms. The van der Waals surface area contributed by atoms with E-state index in [0.29, 0.717) is 12.1 Å². The zero-order chi connectivity index (χ0) is 11.3. The second-order valence-corrected chi connectivity index (χ2v) is 2.80. The molecule has 0 atom stereocenters. The van der Waals surface area contributed by atoms with Gasteiger partial charge < -0.3 is 16.0 Å². The molecule has 1 aromatic rings. The first-order chi connectivity index (χ1) is 7.17. The van der Waals surface area contributed by atoms with Gasteiger partial charge in [0, 0.05) is 26.8 Å². The first-order valence-electron chi connectivity index (χ1n) is 4.27. The molecule has 1 heterocycles. The number of carboxylic acid groups (broad SMARTS) is 1. The number of hydrogen-bond acceptors (Lipinski definition) is 5. The molecule has 0 aliphatic carbocycles. The zero-order valence-corrected chi connectivity index (χ0v) is 12.6. The molecule has 16 heavy (non-hydrogen) atoms. The van der Waals surface area contributed by atoms with Gasteiger partial charge in [0.15, 0.2) is 12.0 Å². The number of ether oxygens (including phenoxy) is 2. The van der Waals surface area contributed by atoms with Crippen molar-refractivity contribution in [3.63, 3.8) is 0 Å². The van der Waals surface area contributed by atoms with Crippen LogP contribution in [0.3, 0.4) is 0 Å². The third-order valence-corrected chi connectivity index (χ3v) is 1.83. The Morgan fingerprint density at radius 3 is 2.44 bits per heavy atom. The Balaban J connectivity index is 0.